The molecule has 0 spiro atoms. The minimum atomic E-state index is -4.70. The molecule has 0 saturated carbocycles. The van der Waals surface area contributed by atoms with Crippen molar-refractivity contribution in [2.24, 2.45) is 20.5 Å². The number of hydrogen-bond donors (Lipinski definition) is 5. The summed E-state index contributed by atoms with van der Waals surface area (Å²) in [5.41, 5.74) is 3.36. The van der Waals surface area contributed by atoms with Crippen molar-refractivity contribution in [3.05, 3.63) is 135 Å². The van der Waals surface area contributed by atoms with Crippen LogP contribution in [0.15, 0.2) is 121 Å². The van der Waals surface area contributed by atoms with Crippen molar-refractivity contribution in [1.82, 2.24) is 15.0 Å². The summed E-state index contributed by atoms with van der Waals surface area (Å²) in [4.78, 5) is 13.4. The molecular weight excluding hydrogens is 1190 g/mol. The maximum absolute atomic E-state index is 12.0. The number of ether oxygens (including phenoxy) is 3. The summed E-state index contributed by atoms with van der Waals surface area (Å²) in [6.07, 6.45) is 0.977. The Labute approximate surface area is 465 Å². The molecule has 1 heterocycles. The highest BCUT2D eigenvalue weighted by Crippen LogP contribution is 2.38. The van der Waals surface area contributed by atoms with Crippen molar-refractivity contribution in [1.29, 1.82) is 0 Å². The molecule has 5 aromatic carbocycles. The summed E-state index contributed by atoms with van der Waals surface area (Å²) >= 11 is 13.5. The first-order valence-electron chi connectivity index (χ1n) is 22.3. The summed E-state index contributed by atoms with van der Waals surface area (Å²) in [5, 5.41) is 29.8. The fourth-order valence-corrected chi connectivity index (χ4v) is 8.60. The van der Waals surface area contributed by atoms with E-state index in [1.54, 1.807) is 48.5 Å². The molecule has 27 nitrogen and oxygen atoms in total. The van der Waals surface area contributed by atoms with Crippen LogP contribution in [0.3, 0.4) is 0 Å². The van der Waals surface area contributed by atoms with Gasteiger partial charge in [0.05, 0.1) is 59.0 Å². The molecule has 0 aliphatic heterocycles. The van der Waals surface area contributed by atoms with Crippen molar-refractivity contribution in [2.75, 3.05) is 37.9 Å². The molecular formula is C45H46Cl2N8O19S5. The van der Waals surface area contributed by atoms with E-state index in [1.165, 1.54) is 43.5 Å². The van der Waals surface area contributed by atoms with Crippen LogP contribution in [0.25, 0.3) is 0 Å². The van der Waals surface area contributed by atoms with Gasteiger partial charge < -0.3 is 24.6 Å². The quantitative estimate of drug-likeness (QED) is 0.0226. The smallest absolute Gasteiger partial charge is 0.425 e. The van der Waals surface area contributed by atoms with Crippen LogP contribution >= 0.6 is 23.2 Å². The van der Waals surface area contributed by atoms with Gasteiger partial charge in [0.25, 0.3) is 30.4 Å². The summed E-state index contributed by atoms with van der Waals surface area (Å²) in [6, 6.07) is 22.5. The van der Waals surface area contributed by atoms with Gasteiger partial charge in [0.1, 0.15) is 45.2 Å². The van der Waals surface area contributed by atoms with Crippen molar-refractivity contribution in [3.63, 3.8) is 0 Å². The SMILES string of the molecule is CCCOc1cc(N=Nc2ccc(CO)cc2)c(Cl)cc1Cc1nc(Cc2cc(Cl)c(N=Nc3ccc(OC)c(S(=O)(=O)O)c3)cc2OCCCS(=O)(=O)O)nc(NCCc2ccc(S(=O)(=O)O)cc2)n1.O=S(=O)=O.O=S(=O)=O. The molecule has 0 amide bonds. The lowest BCUT2D eigenvalue weighted by atomic mass is 10.1. The van der Waals surface area contributed by atoms with Crippen LogP contribution in [0.4, 0.5) is 28.7 Å². The number of benzene rings is 5. The van der Waals surface area contributed by atoms with Gasteiger partial charge in [-0.3, -0.25) is 13.7 Å². The van der Waals surface area contributed by atoms with Crippen molar-refractivity contribution in [2.45, 2.75) is 55.4 Å². The largest absolute Gasteiger partial charge is 0.495 e. The molecule has 6 rings (SSSR count). The second-order valence-electron chi connectivity index (χ2n) is 15.7. The molecule has 6 aromatic rings. The lowest BCUT2D eigenvalue weighted by Crippen LogP contribution is -2.14. The highest BCUT2D eigenvalue weighted by Gasteiger charge is 2.20. The van der Waals surface area contributed by atoms with Crippen LogP contribution in [-0.4, -0.2) is 117 Å². The Morgan fingerprint density at radius 2 is 1.10 bits per heavy atom. The number of aromatic nitrogens is 3. The first-order chi connectivity index (χ1) is 37.2. The molecule has 0 unspecified atom stereocenters. The summed E-state index contributed by atoms with van der Waals surface area (Å²) < 4.78 is 167. The fourth-order valence-electron chi connectivity index (χ4n) is 6.51. The standard InChI is InChI=1S/C45H46Cl2N8O13S3.2O3S/c1-3-17-67-40-25-37(54-52-32-9-5-29(27-56)6-10-32)35(46)20-30(40)22-43-49-44(51-45(50-43)48-16-15-28-7-12-34(13-8-28)70(60,61)62)23-31-21-36(47)38(26-41(31)68-18-4-19-69(57,58)59)55-53-33-11-14-39(66-2)42(24-33)71(63,64)65;2*1-4(2)3/h5-14,20-21,24-26,56H,3-4,15-19,22-23,27H2,1-2H3,(H,57,58,59)(H,60,61,62)(H,63,64,65)(H,48,49,50,51);;. The van der Waals surface area contributed by atoms with E-state index < -0.39 is 62.2 Å². The Bertz CT molecular complexity index is 3720. The molecule has 34 heteroatoms. The molecule has 0 atom stereocenters. The zero-order valence-electron chi connectivity index (χ0n) is 41.1. The first-order valence-corrected chi connectivity index (χ1v) is 29.5. The maximum atomic E-state index is 12.0. The van der Waals surface area contributed by atoms with Gasteiger partial charge in [0.15, 0.2) is 0 Å². The minimum Gasteiger partial charge on any atom is -0.495 e. The van der Waals surface area contributed by atoms with E-state index in [2.05, 4.69) is 30.8 Å². The first kappa shape index (κ1) is 64.5. The molecule has 79 heavy (non-hydrogen) atoms. The van der Waals surface area contributed by atoms with E-state index in [1.807, 2.05) is 6.92 Å². The van der Waals surface area contributed by atoms with Gasteiger partial charge in [-0.2, -0.15) is 45.4 Å². The van der Waals surface area contributed by atoms with E-state index >= 15 is 0 Å². The van der Waals surface area contributed by atoms with Gasteiger partial charge in [-0.05, 0) is 85.0 Å². The number of nitrogens with one attached hydrogen (secondary N) is 1. The maximum Gasteiger partial charge on any atom is 0.425 e. The van der Waals surface area contributed by atoms with Gasteiger partial charge in [0.2, 0.25) is 5.95 Å². The van der Waals surface area contributed by atoms with Gasteiger partial charge >= 0.3 is 21.2 Å². The third-order valence-electron chi connectivity index (χ3n) is 9.96. The minimum absolute atomic E-state index is 0.00997. The van der Waals surface area contributed by atoms with E-state index in [4.69, 9.17) is 72.6 Å². The Morgan fingerprint density at radius 3 is 1.57 bits per heavy atom. The Morgan fingerprint density at radius 1 is 0.608 bits per heavy atom. The Hall–Kier alpha value is -6.98. The van der Waals surface area contributed by atoms with Crippen molar-refractivity contribution in [3.8, 4) is 17.2 Å². The fraction of sp³-hybridized carbons (Fsp3) is 0.267. The normalized spacial score (nSPS) is 11.5. The van der Waals surface area contributed by atoms with Gasteiger partial charge in [-0.1, -0.05) is 54.4 Å². The monoisotopic (exact) mass is 1230 g/mol. The van der Waals surface area contributed by atoms with Crippen LogP contribution in [0.5, 0.6) is 17.2 Å². The van der Waals surface area contributed by atoms with Crippen LogP contribution in [-0.2, 0) is 77.4 Å². The molecule has 0 saturated heterocycles. The second-order valence-corrected chi connectivity index (χ2v) is 21.8. The third kappa shape index (κ3) is 22.7. The Kier molecular flexibility index (Phi) is 24.8. The van der Waals surface area contributed by atoms with E-state index in [-0.39, 0.29) is 94.4 Å². The number of methoxy groups -OCH3 is 1. The topological polar surface area (TPSA) is 414 Å². The highest BCUT2D eigenvalue weighted by molar-refractivity contribution is 7.86. The lowest BCUT2D eigenvalue weighted by molar-refractivity contribution is 0.282. The number of anilines is 1. The van der Waals surface area contributed by atoms with Crippen LogP contribution in [0, 0.1) is 0 Å². The lowest BCUT2D eigenvalue weighted by Gasteiger charge is -2.15. The number of hydrogen-bond acceptors (Lipinski definition) is 24. The second kappa shape index (κ2) is 30.4. The van der Waals surface area contributed by atoms with Gasteiger partial charge in [-0.15, -0.1) is 35.5 Å². The zero-order valence-corrected chi connectivity index (χ0v) is 46.7. The summed E-state index contributed by atoms with van der Waals surface area (Å²) in [5.74, 6) is 0.481. The summed E-state index contributed by atoms with van der Waals surface area (Å²) in [7, 11) is -18.4. The number of rotatable bonds is 24. The molecule has 0 aliphatic rings. The van der Waals surface area contributed by atoms with E-state index in [9.17, 15) is 44.0 Å². The van der Waals surface area contributed by atoms with Gasteiger partial charge in [0, 0.05) is 42.6 Å². The predicted molar refractivity (Wildman–Crippen MR) is 282 cm³/mol. The molecule has 0 aliphatic carbocycles. The van der Waals surface area contributed by atoms with Crippen LogP contribution < -0.4 is 19.5 Å². The molecule has 0 bridgehead atoms. The van der Waals surface area contributed by atoms with E-state index in [0.717, 1.165) is 11.6 Å². The molecule has 0 radical (unpaired) electrons. The average molecular weight is 1230 g/mol. The third-order valence-corrected chi connectivity index (χ3v) is 13.1. The Balaban J connectivity index is 0.00000157. The number of aliphatic hydroxyl groups excluding tert-OH is 1. The molecule has 0 fully saturated rings. The molecule has 1 aromatic heterocycles. The predicted octanol–water partition coefficient (Wildman–Crippen LogP) is 7.28. The number of halogens is 2. The highest BCUT2D eigenvalue weighted by atomic mass is 35.5. The molecule has 424 valence electrons. The number of aliphatic hydroxyl groups is 1. The van der Waals surface area contributed by atoms with E-state index in [0.29, 0.717) is 53.3 Å². The molecule has 5 N–H and O–H groups in total. The number of azo groups is 2. The average Bonchev–Trinajstić information content (AvgIpc) is 3.38. The van der Waals surface area contributed by atoms with Crippen LogP contribution in [0.1, 0.15) is 53.7 Å². The summed E-state index contributed by atoms with van der Waals surface area (Å²) in [6.45, 7) is 2.26. The number of nitrogens with zero attached hydrogens (tertiary/aromatic N) is 7. The van der Waals surface area contributed by atoms with Crippen LogP contribution in [0.2, 0.25) is 10.0 Å². The zero-order chi connectivity index (χ0) is 58.5. The van der Waals surface area contributed by atoms with Crippen molar-refractivity contribution < 1.29 is 83.5 Å². The van der Waals surface area contributed by atoms with Gasteiger partial charge in [-0.25, -0.2) is 4.98 Å². The van der Waals surface area contributed by atoms with Crippen molar-refractivity contribution >= 4 is 103 Å².